The number of aromatic nitrogens is 1. The largest absolute Gasteiger partial charge is 0.492 e. The van der Waals surface area contributed by atoms with Crippen LogP contribution in [0.1, 0.15) is 45.1 Å². The molecule has 0 spiro atoms. The van der Waals surface area contributed by atoms with Gasteiger partial charge in [-0.2, -0.15) is 11.8 Å². The molecule has 0 aliphatic rings. The lowest BCUT2D eigenvalue weighted by molar-refractivity contribution is -0.146. The van der Waals surface area contributed by atoms with Crippen LogP contribution in [-0.2, 0) is 44.7 Å². The van der Waals surface area contributed by atoms with E-state index in [0.29, 0.717) is 29.7 Å². The van der Waals surface area contributed by atoms with Crippen LogP contribution in [0.15, 0.2) is 42.5 Å². The Kier molecular flexibility index (Phi) is 21.1. The molecule has 0 saturated heterocycles. The van der Waals surface area contributed by atoms with E-state index < -0.39 is 59.5 Å². The average Bonchev–Trinajstić information content (AvgIpc) is 3.44. The smallest absolute Gasteiger partial charge is 0.333 e. The molecule has 2 aromatic rings. The molecule has 3 unspecified atom stereocenters. The van der Waals surface area contributed by atoms with Gasteiger partial charge >= 0.3 is 5.97 Å². The number of amides is 5. The summed E-state index contributed by atoms with van der Waals surface area (Å²) in [5, 5.41) is 32.4. The van der Waals surface area contributed by atoms with Gasteiger partial charge in [0.1, 0.15) is 18.1 Å². The standard InChI is InChI=1S/C35H52N6O11S/c1-24(2)21-27(39-34(48)26(38-23-42)13-20-53-3)35(49)40-28(22-25-7-5-4-6-8-25)33(47)37-15-17-51-19-18-50-16-14-36-29(43)9-12-32(46)52-41-30(44)10-11-31(41)45/h4-8,10-11,23-24,26-28,44-45H,9,12-22H2,1-3H3,(H,36,43)(H,37,47)(H,38,42)(H,39,48)(H,40,49). The molecule has 53 heavy (non-hydrogen) atoms. The zero-order valence-electron chi connectivity index (χ0n) is 30.3. The van der Waals surface area contributed by atoms with Gasteiger partial charge in [0.25, 0.3) is 0 Å². The van der Waals surface area contributed by atoms with Crippen LogP contribution in [0.25, 0.3) is 0 Å². The molecule has 7 N–H and O–H groups in total. The van der Waals surface area contributed by atoms with Gasteiger partial charge in [0, 0.05) is 38.1 Å². The Labute approximate surface area is 313 Å². The summed E-state index contributed by atoms with van der Waals surface area (Å²) in [6.45, 7) is 4.96. The van der Waals surface area contributed by atoms with E-state index in [1.165, 1.54) is 11.8 Å². The van der Waals surface area contributed by atoms with Crippen molar-refractivity contribution in [2.75, 3.05) is 51.5 Å². The summed E-state index contributed by atoms with van der Waals surface area (Å²) >= 11 is 1.53. The highest BCUT2D eigenvalue weighted by Gasteiger charge is 2.29. The van der Waals surface area contributed by atoms with Crippen LogP contribution < -0.4 is 31.4 Å². The number of benzene rings is 1. The molecule has 0 fully saturated rings. The fourth-order valence-electron chi connectivity index (χ4n) is 4.82. The molecule has 0 bridgehead atoms. The molecule has 1 aromatic carbocycles. The molecular formula is C35H52N6O11S. The first-order valence-electron chi connectivity index (χ1n) is 17.3. The normalized spacial score (nSPS) is 12.6. The van der Waals surface area contributed by atoms with Crippen molar-refractivity contribution in [3.05, 3.63) is 48.0 Å². The Morgan fingerprint density at radius 2 is 1.40 bits per heavy atom. The highest BCUT2D eigenvalue weighted by Crippen LogP contribution is 2.19. The van der Waals surface area contributed by atoms with Crippen LogP contribution in [0, 0.1) is 5.92 Å². The number of nitrogens with one attached hydrogen (secondary N) is 5. The number of aromatic hydroxyl groups is 2. The molecule has 0 radical (unpaired) electrons. The molecule has 0 aliphatic carbocycles. The minimum Gasteiger partial charge on any atom is -0.492 e. The second-order valence-corrected chi connectivity index (χ2v) is 13.2. The van der Waals surface area contributed by atoms with Crippen LogP contribution in [-0.4, -0.2) is 121 Å². The van der Waals surface area contributed by atoms with Crippen LogP contribution in [0.5, 0.6) is 11.8 Å². The third-order valence-electron chi connectivity index (χ3n) is 7.49. The first-order valence-corrected chi connectivity index (χ1v) is 18.7. The van der Waals surface area contributed by atoms with E-state index in [4.69, 9.17) is 14.3 Å². The lowest BCUT2D eigenvalue weighted by Gasteiger charge is -2.26. The Morgan fingerprint density at radius 1 is 0.792 bits per heavy atom. The van der Waals surface area contributed by atoms with E-state index in [1.807, 2.05) is 50.4 Å². The summed E-state index contributed by atoms with van der Waals surface area (Å²) in [6.07, 6.45) is 2.84. The summed E-state index contributed by atoms with van der Waals surface area (Å²) in [5.41, 5.74) is 0.826. The van der Waals surface area contributed by atoms with Gasteiger partial charge in [-0.05, 0) is 36.3 Å². The average molecular weight is 765 g/mol. The third-order valence-corrected chi connectivity index (χ3v) is 8.13. The Balaban J connectivity index is 1.75. The summed E-state index contributed by atoms with van der Waals surface area (Å²) in [4.78, 5) is 79.5. The molecule has 3 atom stereocenters. The van der Waals surface area contributed by atoms with Crippen molar-refractivity contribution >= 4 is 47.8 Å². The minimum absolute atomic E-state index is 0.0457. The monoisotopic (exact) mass is 764 g/mol. The molecule has 0 saturated carbocycles. The molecular weight excluding hydrogens is 712 g/mol. The lowest BCUT2D eigenvalue weighted by Crippen LogP contribution is -2.57. The number of carbonyl (C=O) groups is 6. The van der Waals surface area contributed by atoms with Gasteiger partial charge in [0.2, 0.25) is 41.8 Å². The van der Waals surface area contributed by atoms with Crippen LogP contribution in [0.2, 0.25) is 0 Å². The van der Waals surface area contributed by atoms with Crippen molar-refractivity contribution in [1.29, 1.82) is 0 Å². The summed E-state index contributed by atoms with van der Waals surface area (Å²) in [6, 6.07) is 8.82. The summed E-state index contributed by atoms with van der Waals surface area (Å²) in [5.74, 6) is -2.89. The predicted octanol–water partition coefficient (Wildman–Crippen LogP) is 0.0264. The maximum atomic E-state index is 13.5. The van der Waals surface area contributed by atoms with Crippen molar-refractivity contribution < 1.29 is 53.3 Å². The fraction of sp³-hybridized carbons (Fsp3) is 0.543. The van der Waals surface area contributed by atoms with Crippen molar-refractivity contribution in [1.82, 2.24) is 31.3 Å². The second kappa shape index (κ2) is 25.2. The van der Waals surface area contributed by atoms with Crippen molar-refractivity contribution in [2.45, 2.75) is 64.1 Å². The topological polar surface area (TPSA) is 236 Å². The summed E-state index contributed by atoms with van der Waals surface area (Å²) < 4.78 is 11.5. The van der Waals surface area contributed by atoms with Gasteiger partial charge in [0.15, 0.2) is 0 Å². The Bertz CT molecular complexity index is 1420. The number of carbonyl (C=O) groups excluding carboxylic acids is 6. The van der Waals surface area contributed by atoms with Gasteiger partial charge in [0.05, 0.1) is 32.8 Å². The highest BCUT2D eigenvalue weighted by molar-refractivity contribution is 7.98. The van der Waals surface area contributed by atoms with Gasteiger partial charge in [-0.1, -0.05) is 44.2 Å². The van der Waals surface area contributed by atoms with Gasteiger partial charge in [-0.3, -0.25) is 24.0 Å². The Hall–Kier alpha value is -4.81. The van der Waals surface area contributed by atoms with Crippen LogP contribution in [0.4, 0.5) is 0 Å². The van der Waals surface area contributed by atoms with Crippen molar-refractivity contribution in [3.63, 3.8) is 0 Å². The van der Waals surface area contributed by atoms with Crippen molar-refractivity contribution in [3.8, 4) is 11.8 Å². The number of nitrogens with zero attached hydrogens (tertiary/aromatic N) is 1. The molecule has 2 rings (SSSR count). The number of hydrogen-bond donors (Lipinski definition) is 7. The maximum absolute atomic E-state index is 13.5. The molecule has 294 valence electrons. The van der Waals surface area contributed by atoms with Gasteiger partial charge < -0.3 is 51.1 Å². The molecule has 5 amide bonds. The van der Waals surface area contributed by atoms with E-state index in [2.05, 4.69) is 26.6 Å². The SMILES string of the molecule is CSCCC(NC=O)C(=O)NC(CC(C)C)C(=O)NC(Cc1ccccc1)C(=O)NCCOCCOCCNC(=O)CCC(=O)On1c(O)ccc1O. The number of ether oxygens (including phenoxy) is 2. The zero-order valence-corrected chi connectivity index (χ0v) is 31.2. The predicted molar refractivity (Wildman–Crippen MR) is 196 cm³/mol. The molecule has 18 heteroatoms. The third kappa shape index (κ3) is 18.0. The molecule has 0 aliphatic heterocycles. The van der Waals surface area contributed by atoms with Gasteiger partial charge in [-0.15, -0.1) is 4.73 Å². The highest BCUT2D eigenvalue weighted by atomic mass is 32.2. The van der Waals surface area contributed by atoms with Crippen LogP contribution >= 0.6 is 11.8 Å². The number of hydrogen-bond acceptors (Lipinski definition) is 12. The molecule has 17 nitrogen and oxygen atoms in total. The quantitative estimate of drug-likeness (QED) is 0.0472. The molecule has 1 aromatic heterocycles. The van der Waals surface area contributed by atoms with E-state index in [9.17, 15) is 39.0 Å². The first-order chi connectivity index (χ1) is 25.4. The fourth-order valence-corrected chi connectivity index (χ4v) is 5.29. The molecule has 1 heterocycles. The number of thioether (sulfide) groups is 1. The van der Waals surface area contributed by atoms with Crippen molar-refractivity contribution in [2.24, 2.45) is 5.92 Å². The van der Waals surface area contributed by atoms with E-state index >= 15 is 0 Å². The summed E-state index contributed by atoms with van der Waals surface area (Å²) in [7, 11) is 0. The van der Waals surface area contributed by atoms with Gasteiger partial charge in [-0.25, -0.2) is 4.79 Å². The lowest BCUT2D eigenvalue weighted by atomic mass is 10.0. The number of rotatable bonds is 27. The van der Waals surface area contributed by atoms with E-state index in [1.54, 1.807) is 0 Å². The van der Waals surface area contributed by atoms with Crippen LogP contribution in [0.3, 0.4) is 0 Å². The minimum atomic E-state index is -0.942. The van der Waals surface area contributed by atoms with E-state index in [-0.39, 0.29) is 64.7 Å². The second-order valence-electron chi connectivity index (χ2n) is 12.2. The Morgan fingerprint density at radius 3 is 2.00 bits per heavy atom. The maximum Gasteiger partial charge on any atom is 0.333 e. The zero-order chi connectivity index (χ0) is 39.0. The first kappa shape index (κ1) is 44.4. The van der Waals surface area contributed by atoms with E-state index in [0.717, 1.165) is 17.7 Å².